The molecule has 0 fully saturated rings. The number of para-hydroxylation sites is 3. The predicted molar refractivity (Wildman–Crippen MR) is 239 cm³/mol. The van der Waals surface area contributed by atoms with Gasteiger partial charge in [-0.3, -0.25) is 0 Å². The fourth-order valence-corrected chi connectivity index (χ4v) is 10.7. The van der Waals surface area contributed by atoms with E-state index in [1.165, 1.54) is 33.4 Å². The summed E-state index contributed by atoms with van der Waals surface area (Å²) in [6, 6.07) is 56.5. The first-order valence-corrected chi connectivity index (χ1v) is 20.8. The topological polar surface area (TPSA) is 45.5 Å². The van der Waals surface area contributed by atoms with Gasteiger partial charge in [-0.15, -0.1) is 11.2 Å². The van der Waals surface area contributed by atoms with Crippen molar-refractivity contribution < 1.29 is 8.98 Å². The molecule has 274 valence electrons. The second-order valence-corrected chi connectivity index (χ2v) is 16.0. The van der Waals surface area contributed by atoms with Gasteiger partial charge in [0.15, 0.2) is 0 Å². The van der Waals surface area contributed by atoms with Crippen LogP contribution in [-0.2, 0) is 9.98 Å². The lowest BCUT2D eigenvalue weighted by molar-refractivity contribution is 0.593. The lowest BCUT2D eigenvalue weighted by Gasteiger charge is -2.31. The van der Waals surface area contributed by atoms with Gasteiger partial charge in [-0.1, -0.05) is 140 Å². The molecule has 0 amide bonds. The molecule has 2 unspecified atom stereocenters. The highest BCUT2D eigenvalue weighted by Crippen LogP contribution is 2.66. The molecule has 5 heteroatoms. The Morgan fingerprint density at radius 1 is 0.649 bits per heavy atom. The van der Waals surface area contributed by atoms with Gasteiger partial charge in [-0.05, 0) is 105 Å². The van der Waals surface area contributed by atoms with Crippen LogP contribution < -0.4 is 15.3 Å². The molecule has 0 aliphatic heterocycles. The van der Waals surface area contributed by atoms with Crippen LogP contribution in [0.15, 0.2) is 199 Å². The Labute approximate surface area is 334 Å². The van der Waals surface area contributed by atoms with E-state index in [2.05, 4.69) is 127 Å². The molecular weight excluding hydrogens is 716 g/mol. The average molecular weight is 756 g/mol. The van der Waals surface area contributed by atoms with Crippen molar-refractivity contribution in [3.63, 3.8) is 0 Å². The number of hydrogen-bond donors (Lipinski definition) is 1. The van der Waals surface area contributed by atoms with Crippen LogP contribution in [0.3, 0.4) is 0 Å². The summed E-state index contributed by atoms with van der Waals surface area (Å²) in [4.78, 5) is 0. The largest absolute Gasteiger partial charge is 0.506 e. The molecule has 0 radical (unpaired) electrons. The lowest BCUT2D eigenvalue weighted by Crippen LogP contribution is -2.26. The van der Waals surface area contributed by atoms with Crippen molar-refractivity contribution >= 4 is 63.5 Å². The Morgan fingerprint density at radius 2 is 1.28 bits per heavy atom. The monoisotopic (exact) mass is 755 g/mol. The smallest absolute Gasteiger partial charge is 0.456 e. The summed E-state index contributed by atoms with van der Waals surface area (Å²) in [6.45, 7) is 6.28. The number of hydrogen-bond acceptors (Lipinski definition) is 3. The van der Waals surface area contributed by atoms with Gasteiger partial charge in [-0.25, -0.2) is 0 Å². The van der Waals surface area contributed by atoms with Crippen molar-refractivity contribution in [2.24, 2.45) is 0 Å². The van der Waals surface area contributed by atoms with Crippen molar-refractivity contribution in [2.75, 3.05) is 9.99 Å². The van der Waals surface area contributed by atoms with Crippen molar-refractivity contribution in [2.45, 2.75) is 25.2 Å². The quantitative estimate of drug-likeness (QED) is 0.118. The first-order chi connectivity index (χ1) is 28.1. The Morgan fingerprint density at radius 3 is 2.11 bits per heavy atom. The molecule has 0 saturated carbocycles. The zero-order chi connectivity index (χ0) is 38.5. The Balaban J connectivity index is 1.24. The highest BCUT2D eigenvalue weighted by Gasteiger charge is 2.54. The van der Waals surface area contributed by atoms with Gasteiger partial charge in [0.2, 0.25) is 5.30 Å². The van der Waals surface area contributed by atoms with Gasteiger partial charge >= 0.3 is 7.95 Å². The SMILES string of the molecule is C=CCC=C1/C(=C\CC)C2(c3ccccc31)c1ccccc1-c1c(N(c3ccccc3Nc3cccc4oc5ccccc5c34)[P+](=O)c3ccccc3)cccc12. The van der Waals surface area contributed by atoms with Crippen molar-refractivity contribution in [1.29, 1.82) is 0 Å². The van der Waals surface area contributed by atoms with Crippen LogP contribution in [0.1, 0.15) is 42.0 Å². The van der Waals surface area contributed by atoms with Crippen LogP contribution in [-0.4, -0.2) is 0 Å². The van der Waals surface area contributed by atoms with Crippen LogP contribution in [0.4, 0.5) is 22.7 Å². The van der Waals surface area contributed by atoms with E-state index in [-0.39, 0.29) is 0 Å². The number of rotatable bonds is 9. The summed E-state index contributed by atoms with van der Waals surface area (Å²) >= 11 is 0. The van der Waals surface area contributed by atoms with Gasteiger partial charge in [0.05, 0.1) is 27.9 Å². The van der Waals surface area contributed by atoms with Crippen molar-refractivity contribution in [1.82, 2.24) is 0 Å². The van der Waals surface area contributed by atoms with Crippen LogP contribution in [0.2, 0.25) is 0 Å². The summed E-state index contributed by atoms with van der Waals surface area (Å²) in [6.07, 6.45) is 8.37. The summed E-state index contributed by atoms with van der Waals surface area (Å²) in [5.74, 6) is 0. The molecule has 4 nitrogen and oxygen atoms in total. The normalized spacial score (nSPS) is 16.9. The number of anilines is 4. The number of furan rings is 1. The average Bonchev–Trinajstić information content (AvgIpc) is 3.88. The minimum atomic E-state index is -2.16. The van der Waals surface area contributed by atoms with E-state index in [1.54, 1.807) is 0 Å². The fraction of sp³-hybridized carbons (Fsp3) is 0.0769. The molecule has 1 heterocycles. The summed E-state index contributed by atoms with van der Waals surface area (Å²) in [5, 5.41) is 6.59. The Bertz CT molecular complexity index is 2960. The molecule has 2 aliphatic carbocycles. The lowest BCUT2D eigenvalue weighted by atomic mass is 9.70. The van der Waals surface area contributed by atoms with Gasteiger partial charge < -0.3 is 9.73 Å². The Hall–Kier alpha value is -6.74. The minimum Gasteiger partial charge on any atom is -0.456 e. The number of nitrogens with zero attached hydrogens (tertiary/aromatic N) is 1. The second-order valence-electron chi connectivity index (χ2n) is 14.5. The molecule has 0 saturated heterocycles. The number of benzene rings is 7. The number of fused-ring (bicyclic) bond motifs is 10. The molecule has 0 bridgehead atoms. The maximum Gasteiger partial charge on any atom is 0.506 e. The summed E-state index contributed by atoms with van der Waals surface area (Å²) in [7, 11) is -2.16. The van der Waals surface area contributed by atoms with E-state index in [0.29, 0.717) is 0 Å². The van der Waals surface area contributed by atoms with Gasteiger partial charge in [-0.2, -0.15) is 0 Å². The molecule has 1 N–H and O–H groups in total. The Kier molecular flexibility index (Phi) is 8.58. The molecule has 57 heavy (non-hydrogen) atoms. The van der Waals surface area contributed by atoms with Gasteiger partial charge in [0, 0.05) is 10.9 Å². The third-order valence-electron chi connectivity index (χ3n) is 11.5. The van der Waals surface area contributed by atoms with Crippen molar-refractivity contribution in [3.8, 4) is 11.1 Å². The highest BCUT2D eigenvalue weighted by atomic mass is 31.1. The van der Waals surface area contributed by atoms with Crippen molar-refractivity contribution in [3.05, 3.63) is 216 Å². The summed E-state index contributed by atoms with van der Waals surface area (Å²) in [5.41, 5.74) is 14.3. The first kappa shape index (κ1) is 34.7. The molecular formula is C52H40N2O2P+. The van der Waals surface area contributed by atoms with E-state index in [0.717, 1.165) is 74.0 Å². The third-order valence-corrected chi connectivity index (χ3v) is 13.0. The standard InChI is InChI=1S/C52H40N2O2P/c1-3-5-22-36-37-23-9-12-26-41(37)52(40(36)19-4-2)42-27-13-10-24-38(42)50-43(52)28-17-32-47(50)54(57(55)35-20-7-6-8-21-35)46-31-15-14-29-44(46)53-45-30-18-34-49-51(45)39-25-11-16-33-48(39)56-49/h3,6-34,53H,1,4-5H2,2H3/q+1/b36-22?,40-19+. The number of allylic oxidation sites excluding steroid dienone is 5. The summed E-state index contributed by atoms with van der Waals surface area (Å²) < 4.78 is 23.8. The molecule has 1 spiro atoms. The number of nitrogens with one attached hydrogen (secondary N) is 1. The van der Waals surface area contributed by atoms with E-state index in [4.69, 9.17) is 4.42 Å². The fourth-order valence-electron chi connectivity index (χ4n) is 9.28. The molecule has 2 aliphatic rings. The zero-order valence-corrected chi connectivity index (χ0v) is 32.5. The molecule has 1 aromatic heterocycles. The maximum atomic E-state index is 15.5. The molecule has 8 aromatic rings. The zero-order valence-electron chi connectivity index (χ0n) is 31.7. The van der Waals surface area contributed by atoms with Gasteiger partial charge in [0.1, 0.15) is 16.9 Å². The molecule has 7 aromatic carbocycles. The van der Waals surface area contributed by atoms with Crippen LogP contribution in [0.5, 0.6) is 0 Å². The molecule has 10 rings (SSSR count). The highest BCUT2D eigenvalue weighted by molar-refractivity contribution is 7.55. The van der Waals surface area contributed by atoms with E-state index >= 15 is 4.57 Å². The van der Waals surface area contributed by atoms with Crippen LogP contribution in [0.25, 0.3) is 38.6 Å². The van der Waals surface area contributed by atoms with Crippen LogP contribution >= 0.6 is 7.95 Å². The van der Waals surface area contributed by atoms with E-state index < -0.39 is 13.4 Å². The maximum absolute atomic E-state index is 15.5. The van der Waals surface area contributed by atoms with Gasteiger partial charge in [0.25, 0.3) is 0 Å². The van der Waals surface area contributed by atoms with E-state index in [1.807, 2.05) is 78.9 Å². The minimum absolute atomic E-state index is 0.554. The van der Waals surface area contributed by atoms with E-state index in [9.17, 15) is 0 Å². The first-order valence-electron chi connectivity index (χ1n) is 19.6. The molecule has 2 atom stereocenters. The second kappa shape index (κ2) is 14.1. The predicted octanol–water partition coefficient (Wildman–Crippen LogP) is 14.2. The van der Waals surface area contributed by atoms with Crippen LogP contribution in [0, 0.1) is 0 Å². The third kappa shape index (κ3) is 5.29.